The first kappa shape index (κ1) is 15.2. The predicted molar refractivity (Wildman–Crippen MR) is 74.6 cm³/mol. The van der Waals surface area contributed by atoms with Gasteiger partial charge in [-0.05, 0) is 39.3 Å². The highest BCUT2D eigenvalue weighted by atomic mass is 16.3. The fourth-order valence-corrected chi connectivity index (χ4v) is 1.91. The summed E-state index contributed by atoms with van der Waals surface area (Å²) >= 11 is 0. The first-order valence-corrected chi connectivity index (χ1v) is 6.60. The molecule has 1 aromatic carbocycles. The Morgan fingerprint density at radius 3 is 2.44 bits per heavy atom. The zero-order valence-corrected chi connectivity index (χ0v) is 11.6. The monoisotopic (exact) mass is 251 g/mol. The Balaban J connectivity index is 2.34. The van der Waals surface area contributed by atoms with Gasteiger partial charge in [0.1, 0.15) is 0 Å². The van der Waals surface area contributed by atoms with Crippen molar-refractivity contribution in [3.05, 3.63) is 35.4 Å². The van der Waals surface area contributed by atoms with Gasteiger partial charge in [-0.15, -0.1) is 0 Å². The molecule has 18 heavy (non-hydrogen) atoms. The van der Waals surface area contributed by atoms with Crippen molar-refractivity contribution < 1.29 is 10.2 Å². The number of nitrogens with zero attached hydrogens (tertiary/aromatic N) is 1. The van der Waals surface area contributed by atoms with Gasteiger partial charge in [0.05, 0.1) is 12.2 Å². The van der Waals surface area contributed by atoms with Crippen LogP contribution in [0.25, 0.3) is 0 Å². The van der Waals surface area contributed by atoms with Gasteiger partial charge in [-0.3, -0.25) is 0 Å². The van der Waals surface area contributed by atoms with E-state index in [9.17, 15) is 10.2 Å². The van der Waals surface area contributed by atoms with Crippen LogP contribution in [0, 0.1) is 6.92 Å². The summed E-state index contributed by atoms with van der Waals surface area (Å²) in [6.45, 7) is 5.53. The molecule has 1 rings (SSSR count). The molecule has 0 aliphatic heterocycles. The lowest BCUT2D eigenvalue weighted by atomic mass is 10.0. The smallest absolute Gasteiger partial charge is 0.0802 e. The third-order valence-corrected chi connectivity index (χ3v) is 3.14. The summed E-state index contributed by atoms with van der Waals surface area (Å²) in [5.41, 5.74) is 2.16. The molecule has 0 fully saturated rings. The summed E-state index contributed by atoms with van der Waals surface area (Å²) in [5.74, 6) is 0. The van der Waals surface area contributed by atoms with Crippen molar-refractivity contribution in [3.8, 4) is 0 Å². The molecule has 2 N–H and O–H groups in total. The zero-order valence-electron chi connectivity index (χ0n) is 11.6. The molecule has 0 radical (unpaired) electrons. The van der Waals surface area contributed by atoms with E-state index in [4.69, 9.17) is 0 Å². The predicted octanol–water partition coefficient (Wildman–Crippen LogP) is 2.12. The van der Waals surface area contributed by atoms with E-state index in [1.807, 2.05) is 38.2 Å². The topological polar surface area (TPSA) is 43.7 Å². The Morgan fingerprint density at radius 1 is 1.17 bits per heavy atom. The van der Waals surface area contributed by atoms with E-state index >= 15 is 0 Å². The first-order valence-electron chi connectivity index (χ1n) is 6.60. The van der Waals surface area contributed by atoms with Crippen molar-refractivity contribution in [2.45, 2.75) is 38.9 Å². The number of aliphatic hydroxyl groups is 2. The average Bonchev–Trinajstić information content (AvgIpc) is 2.33. The third kappa shape index (κ3) is 5.63. The second-order valence-corrected chi connectivity index (χ2v) is 5.16. The molecular weight excluding hydrogens is 226 g/mol. The highest BCUT2D eigenvalue weighted by molar-refractivity contribution is 5.23. The van der Waals surface area contributed by atoms with Gasteiger partial charge in [-0.2, -0.15) is 0 Å². The highest BCUT2D eigenvalue weighted by Gasteiger charge is 2.09. The van der Waals surface area contributed by atoms with Crippen LogP contribution >= 0.6 is 0 Å². The molecule has 3 heteroatoms. The molecule has 3 nitrogen and oxygen atoms in total. The minimum atomic E-state index is -0.404. The lowest BCUT2D eigenvalue weighted by Gasteiger charge is -2.19. The maximum absolute atomic E-state index is 10.1. The van der Waals surface area contributed by atoms with Crippen LogP contribution in [0.5, 0.6) is 0 Å². The summed E-state index contributed by atoms with van der Waals surface area (Å²) < 4.78 is 0. The molecule has 0 aliphatic carbocycles. The quantitative estimate of drug-likeness (QED) is 0.780. The molecule has 2 unspecified atom stereocenters. The molecule has 102 valence electrons. The van der Waals surface area contributed by atoms with Crippen LogP contribution in [-0.4, -0.2) is 41.4 Å². The van der Waals surface area contributed by atoms with Crippen molar-refractivity contribution in [1.29, 1.82) is 0 Å². The van der Waals surface area contributed by atoms with E-state index in [0.717, 1.165) is 31.5 Å². The number of benzene rings is 1. The fraction of sp³-hybridized carbons (Fsp3) is 0.600. The molecule has 0 aliphatic rings. The van der Waals surface area contributed by atoms with Gasteiger partial charge in [0.25, 0.3) is 0 Å². The number of hydrogen-bond acceptors (Lipinski definition) is 3. The van der Waals surface area contributed by atoms with Gasteiger partial charge in [0, 0.05) is 13.1 Å². The van der Waals surface area contributed by atoms with Crippen LogP contribution < -0.4 is 0 Å². The number of aliphatic hydroxyl groups excluding tert-OH is 2. The van der Waals surface area contributed by atoms with Gasteiger partial charge in [0.2, 0.25) is 0 Å². The van der Waals surface area contributed by atoms with Crippen molar-refractivity contribution in [1.82, 2.24) is 4.90 Å². The van der Waals surface area contributed by atoms with Gasteiger partial charge in [-0.25, -0.2) is 0 Å². The summed E-state index contributed by atoms with van der Waals surface area (Å²) in [6, 6.07) is 8.00. The maximum atomic E-state index is 10.1. The fourth-order valence-electron chi connectivity index (χ4n) is 1.91. The highest BCUT2D eigenvalue weighted by Crippen LogP contribution is 2.17. The van der Waals surface area contributed by atoms with Crippen molar-refractivity contribution in [2.75, 3.05) is 20.1 Å². The van der Waals surface area contributed by atoms with Crippen LogP contribution in [0.4, 0.5) is 0 Å². The lowest BCUT2D eigenvalue weighted by molar-refractivity contribution is 0.136. The first-order chi connectivity index (χ1) is 8.49. The second kappa shape index (κ2) is 7.52. The molecule has 0 spiro atoms. The zero-order chi connectivity index (χ0) is 13.5. The Morgan fingerprint density at radius 2 is 1.83 bits per heavy atom. The Labute approximate surface area is 110 Å². The average molecular weight is 251 g/mol. The van der Waals surface area contributed by atoms with E-state index in [2.05, 4.69) is 4.90 Å². The van der Waals surface area contributed by atoms with Gasteiger partial charge < -0.3 is 15.1 Å². The van der Waals surface area contributed by atoms with E-state index in [-0.39, 0.29) is 6.10 Å². The SMILES string of the molecule is Cc1cccc(C(O)CCN(C)CCC(C)O)c1. The molecule has 0 saturated heterocycles. The molecule has 1 aromatic rings. The lowest BCUT2D eigenvalue weighted by Crippen LogP contribution is -2.24. The van der Waals surface area contributed by atoms with E-state index < -0.39 is 6.10 Å². The summed E-state index contributed by atoms with van der Waals surface area (Å²) in [5, 5.41) is 19.3. The maximum Gasteiger partial charge on any atom is 0.0802 e. The minimum absolute atomic E-state index is 0.255. The van der Waals surface area contributed by atoms with Crippen molar-refractivity contribution >= 4 is 0 Å². The molecule has 0 saturated carbocycles. The Hall–Kier alpha value is -0.900. The molecule has 0 aromatic heterocycles. The van der Waals surface area contributed by atoms with Crippen LogP contribution in [0.2, 0.25) is 0 Å². The molecular formula is C15H25NO2. The van der Waals surface area contributed by atoms with Crippen LogP contribution in [0.1, 0.15) is 37.0 Å². The number of aryl methyl sites for hydroxylation is 1. The summed E-state index contributed by atoms with van der Waals surface area (Å²) in [7, 11) is 2.02. The minimum Gasteiger partial charge on any atom is -0.393 e. The van der Waals surface area contributed by atoms with Gasteiger partial charge in [-0.1, -0.05) is 29.8 Å². The van der Waals surface area contributed by atoms with E-state index in [1.165, 1.54) is 5.56 Å². The van der Waals surface area contributed by atoms with E-state index in [0.29, 0.717) is 0 Å². The molecule has 0 heterocycles. The molecule has 0 bridgehead atoms. The third-order valence-electron chi connectivity index (χ3n) is 3.14. The molecule has 2 atom stereocenters. The second-order valence-electron chi connectivity index (χ2n) is 5.16. The summed E-state index contributed by atoms with van der Waals surface area (Å²) in [4.78, 5) is 2.14. The van der Waals surface area contributed by atoms with Crippen LogP contribution in [-0.2, 0) is 0 Å². The Kier molecular flexibility index (Phi) is 6.33. The summed E-state index contributed by atoms with van der Waals surface area (Å²) in [6.07, 6.45) is 0.838. The molecule has 0 amide bonds. The largest absolute Gasteiger partial charge is 0.393 e. The van der Waals surface area contributed by atoms with Gasteiger partial charge >= 0.3 is 0 Å². The van der Waals surface area contributed by atoms with Crippen molar-refractivity contribution in [2.24, 2.45) is 0 Å². The Bertz CT molecular complexity index is 352. The van der Waals surface area contributed by atoms with Crippen LogP contribution in [0.3, 0.4) is 0 Å². The van der Waals surface area contributed by atoms with Crippen LogP contribution in [0.15, 0.2) is 24.3 Å². The number of hydrogen-bond donors (Lipinski definition) is 2. The van der Waals surface area contributed by atoms with Crippen molar-refractivity contribution in [3.63, 3.8) is 0 Å². The van der Waals surface area contributed by atoms with Gasteiger partial charge in [0.15, 0.2) is 0 Å². The van der Waals surface area contributed by atoms with E-state index in [1.54, 1.807) is 6.92 Å². The number of rotatable bonds is 7. The standard InChI is InChI=1S/C15H25NO2/c1-12-5-4-6-14(11-12)15(18)8-10-16(3)9-7-13(2)17/h4-6,11,13,15,17-18H,7-10H2,1-3H3. The normalized spacial score (nSPS) is 14.8.